The number of anilines is 2. The molecule has 0 unspecified atom stereocenters. The van der Waals surface area contributed by atoms with Gasteiger partial charge >= 0.3 is 0 Å². The number of nitriles is 1. The van der Waals surface area contributed by atoms with E-state index < -0.39 is 0 Å². The first-order valence-corrected chi connectivity index (χ1v) is 6.15. The third-order valence-corrected chi connectivity index (χ3v) is 3.71. The molecular weight excluding hydrogens is 218 g/mol. The Morgan fingerprint density at radius 2 is 2.38 bits per heavy atom. The van der Waals surface area contributed by atoms with Crippen molar-refractivity contribution >= 4 is 22.0 Å². The molecule has 0 aromatic carbocycles. The Labute approximate surface area is 99.6 Å². The number of nitrogens with two attached hydrogens (primary N) is 1. The van der Waals surface area contributed by atoms with Crippen LogP contribution in [0.25, 0.3) is 0 Å². The van der Waals surface area contributed by atoms with Crippen molar-refractivity contribution in [2.75, 3.05) is 17.6 Å². The Hall–Kier alpha value is -1.47. The van der Waals surface area contributed by atoms with Crippen LogP contribution in [0.5, 0.6) is 0 Å². The summed E-state index contributed by atoms with van der Waals surface area (Å²) in [6.07, 6.45) is 2.38. The average molecular weight is 233 g/mol. The van der Waals surface area contributed by atoms with Crippen LogP contribution in [0.2, 0.25) is 0 Å². The fourth-order valence-corrected chi connectivity index (χ4v) is 2.68. The van der Waals surface area contributed by atoms with E-state index in [-0.39, 0.29) is 0 Å². The van der Waals surface area contributed by atoms with Crippen LogP contribution in [0.4, 0.5) is 10.7 Å². The van der Waals surface area contributed by atoms with Gasteiger partial charge in [0.1, 0.15) is 10.9 Å². The summed E-state index contributed by atoms with van der Waals surface area (Å²) in [5.41, 5.74) is 8.90. The molecule has 2 rings (SSSR count). The average Bonchev–Trinajstić information content (AvgIpc) is 3.01. The van der Waals surface area contributed by atoms with Crippen LogP contribution in [-0.2, 0) is 0 Å². The summed E-state index contributed by atoms with van der Waals surface area (Å²) in [5.74, 6) is 0.561. The number of nitrogen functional groups attached to an aromatic ring is 1. The lowest BCUT2D eigenvalue weighted by Gasteiger charge is -2.06. The Bertz CT molecular complexity index is 463. The summed E-state index contributed by atoms with van der Waals surface area (Å²) in [5, 5.41) is 13.3. The molecule has 0 atom stereocenters. The molecule has 84 valence electrons. The maximum absolute atomic E-state index is 8.97. The molecule has 4 heteroatoms. The Morgan fingerprint density at radius 3 is 2.88 bits per heavy atom. The zero-order valence-corrected chi connectivity index (χ0v) is 10.2. The van der Waals surface area contributed by atoms with E-state index in [0.29, 0.717) is 16.5 Å². The number of nitrogens with one attached hydrogen (secondary N) is 1. The van der Waals surface area contributed by atoms with Crippen molar-refractivity contribution in [1.82, 2.24) is 0 Å². The lowest BCUT2D eigenvalue weighted by Crippen LogP contribution is -2.02. The van der Waals surface area contributed by atoms with E-state index >= 15 is 0 Å². The number of hydrogen-bond donors (Lipinski definition) is 2. The van der Waals surface area contributed by atoms with Gasteiger partial charge in [-0.05, 0) is 25.7 Å². The summed E-state index contributed by atoms with van der Waals surface area (Å²) in [4.78, 5) is 0.631. The zero-order valence-electron chi connectivity index (χ0n) is 9.34. The molecule has 3 nitrogen and oxygen atoms in total. The molecule has 0 aliphatic heterocycles. The quantitative estimate of drug-likeness (QED) is 0.786. The van der Waals surface area contributed by atoms with Gasteiger partial charge in [-0.15, -0.1) is 11.3 Å². The lowest BCUT2D eigenvalue weighted by molar-refractivity contribution is 1.13. The molecule has 1 saturated carbocycles. The molecule has 0 bridgehead atoms. The summed E-state index contributed by atoms with van der Waals surface area (Å²) in [6.45, 7) is 6.57. The fraction of sp³-hybridized carbons (Fsp3) is 0.417. The van der Waals surface area contributed by atoms with E-state index in [9.17, 15) is 0 Å². The second kappa shape index (κ2) is 4.18. The molecule has 1 heterocycles. The van der Waals surface area contributed by atoms with Gasteiger partial charge < -0.3 is 11.1 Å². The van der Waals surface area contributed by atoms with Crippen molar-refractivity contribution < 1.29 is 0 Å². The molecule has 1 aliphatic rings. The Kier molecular flexibility index (Phi) is 2.88. The topological polar surface area (TPSA) is 61.8 Å². The summed E-state index contributed by atoms with van der Waals surface area (Å²) >= 11 is 1.46. The van der Waals surface area contributed by atoms with Crippen LogP contribution in [-0.4, -0.2) is 6.54 Å². The van der Waals surface area contributed by atoms with Gasteiger partial charge in [0.15, 0.2) is 0 Å². The lowest BCUT2D eigenvalue weighted by atomic mass is 10.1. The maximum atomic E-state index is 8.97. The largest absolute Gasteiger partial charge is 0.397 e. The predicted molar refractivity (Wildman–Crippen MR) is 68.7 cm³/mol. The summed E-state index contributed by atoms with van der Waals surface area (Å²) in [6, 6.07) is 2.16. The Morgan fingerprint density at radius 1 is 1.69 bits per heavy atom. The molecule has 1 aromatic heterocycles. The summed E-state index contributed by atoms with van der Waals surface area (Å²) < 4.78 is 0. The number of hydrogen-bond acceptors (Lipinski definition) is 4. The van der Waals surface area contributed by atoms with Gasteiger partial charge in [-0.3, -0.25) is 0 Å². The van der Waals surface area contributed by atoms with Crippen molar-refractivity contribution in [2.24, 2.45) is 0 Å². The monoisotopic (exact) mass is 233 g/mol. The first-order valence-electron chi connectivity index (χ1n) is 5.34. The third kappa shape index (κ3) is 2.05. The van der Waals surface area contributed by atoms with E-state index in [2.05, 4.69) is 18.0 Å². The number of thiophene rings is 1. The number of rotatable bonds is 4. The third-order valence-electron chi connectivity index (χ3n) is 2.62. The van der Waals surface area contributed by atoms with Gasteiger partial charge in [0.2, 0.25) is 0 Å². The van der Waals surface area contributed by atoms with E-state index in [4.69, 9.17) is 11.0 Å². The Balaban J connectivity index is 2.28. The van der Waals surface area contributed by atoms with Gasteiger partial charge in [-0.25, -0.2) is 0 Å². The molecule has 0 saturated heterocycles. The minimum Gasteiger partial charge on any atom is -0.397 e. The normalized spacial score (nSPS) is 14.5. The molecule has 0 spiro atoms. The minimum atomic E-state index is 0.561. The SMILES string of the molecule is C=C(C)CNc1sc(C#N)c(N)c1C1CC1. The van der Waals surface area contributed by atoms with Crippen LogP contribution in [0.15, 0.2) is 12.2 Å². The minimum absolute atomic E-state index is 0.561. The van der Waals surface area contributed by atoms with E-state index in [0.717, 1.165) is 22.7 Å². The van der Waals surface area contributed by atoms with Crippen molar-refractivity contribution in [2.45, 2.75) is 25.7 Å². The van der Waals surface area contributed by atoms with Crippen molar-refractivity contribution in [3.05, 3.63) is 22.6 Å². The van der Waals surface area contributed by atoms with Gasteiger partial charge in [-0.1, -0.05) is 12.2 Å². The second-order valence-corrected chi connectivity index (χ2v) is 5.31. The first-order chi connectivity index (χ1) is 7.63. The highest BCUT2D eigenvalue weighted by Gasteiger charge is 2.31. The van der Waals surface area contributed by atoms with E-state index in [1.807, 2.05) is 6.92 Å². The highest BCUT2D eigenvalue weighted by molar-refractivity contribution is 7.17. The van der Waals surface area contributed by atoms with Crippen LogP contribution in [0.3, 0.4) is 0 Å². The molecule has 1 aliphatic carbocycles. The summed E-state index contributed by atoms with van der Waals surface area (Å²) in [7, 11) is 0. The first kappa shape index (κ1) is 11.0. The zero-order chi connectivity index (χ0) is 11.7. The van der Waals surface area contributed by atoms with Crippen LogP contribution in [0, 0.1) is 11.3 Å². The molecule has 1 fully saturated rings. The highest BCUT2D eigenvalue weighted by Crippen LogP contribution is 2.50. The van der Waals surface area contributed by atoms with Gasteiger partial charge in [0.05, 0.1) is 10.7 Å². The molecule has 3 N–H and O–H groups in total. The van der Waals surface area contributed by atoms with Crippen LogP contribution in [0.1, 0.15) is 36.1 Å². The van der Waals surface area contributed by atoms with Gasteiger partial charge in [0, 0.05) is 12.1 Å². The van der Waals surface area contributed by atoms with Crippen molar-refractivity contribution in [3.8, 4) is 6.07 Å². The van der Waals surface area contributed by atoms with Crippen molar-refractivity contribution in [1.29, 1.82) is 5.26 Å². The molecule has 1 aromatic rings. The van der Waals surface area contributed by atoms with E-state index in [1.165, 1.54) is 24.2 Å². The molecule has 16 heavy (non-hydrogen) atoms. The van der Waals surface area contributed by atoms with Crippen LogP contribution < -0.4 is 11.1 Å². The number of nitrogens with zero attached hydrogens (tertiary/aromatic N) is 1. The molecule has 0 amide bonds. The second-order valence-electron chi connectivity index (χ2n) is 4.28. The molecule has 0 radical (unpaired) electrons. The van der Waals surface area contributed by atoms with Crippen molar-refractivity contribution in [3.63, 3.8) is 0 Å². The fourth-order valence-electron chi connectivity index (χ4n) is 1.68. The van der Waals surface area contributed by atoms with Gasteiger partial charge in [-0.2, -0.15) is 5.26 Å². The smallest absolute Gasteiger partial charge is 0.130 e. The predicted octanol–water partition coefficient (Wildman–Crippen LogP) is 3.07. The van der Waals surface area contributed by atoms with Crippen LogP contribution >= 0.6 is 11.3 Å². The highest BCUT2D eigenvalue weighted by atomic mass is 32.1. The molecular formula is C12H15N3S. The van der Waals surface area contributed by atoms with Gasteiger partial charge in [0.25, 0.3) is 0 Å². The maximum Gasteiger partial charge on any atom is 0.130 e. The standard InChI is InChI=1S/C12H15N3S/c1-7(2)6-15-12-10(8-3-4-8)11(14)9(5-13)16-12/h8,15H,1,3-4,6,14H2,2H3. The van der Waals surface area contributed by atoms with E-state index in [1.54, 1.807) is 0 Å².